The topological polar surface area (TPSA) is 91.0 Å². The van der Waals surface area contributed by atoms with Crippen LogP contribution in [0.4, 0.5) is 0 Å². The molecule has 9 heteroatoms. The normalized spacial score (nSPS) is 10.9. The third kappa shape index (κ3) is 2.94. The Bertz CT molecular complexity index is 934. The minimum absolute atomic E-state index is 0.160. The van der Waals surface area contributed by atoms with Crippen LogP contribution in [0.25, 0.3) is 16.7 Å². The Morgan fingerprint density at radius 1 is 1.43 bits per heavy atom. The van der Waals surface area contributed by atoms with Gasteiger partial charge in [0.2, 0.25) is 0 Å². The Hall–Kier alpha value is -2.71. The first kappa shape index (κ1) is 15.2. The van der Waals surface area contributed by atoms with Crippen molar-refractivity contribution in [1.82, 2.24) is 19.4 Å². The lowest BCUT2D eigenvalue weighted by molar-refractivity contribution is -0.120. The zero-order valence-electron chi connectivity index (χ0n) is 12.1. The number of rotatable bonds is 4. The van der Waals surface area contributed by atoms with Crippen LogP contribution in [0.15, 0.2) is 41.6 Å². The molecule has 0 atom stereocenters. The number of halogens is 1. The molecule has 1 N–H and O–H groups in total. The summed E-state index contributed by atoms with van der Waals surface area (Å²) in [6.45, 7) is -0.160. The fourth-order valence-corrected chi connectivity index (χ4v) is 2.27. The van der Waals surface area contributed by atoms with Gasteiger partial charge in [0.25, 0.3) is 11.5 Å². The number of hydrogen-bond donors (Lipinski definition) is 1. The molecule has 3 rings (SSSR count). The van der Waals surface area contributed by atoms with Gasteiger partial charge in [-0.2, -0.15) is 5.10 Å². The van der Waals surface area contributed by atoms with Crippen LogP contribution in [-0.4, -0.2) is 39.1 Å². The molecular formula is C14H12ClN5O3. The SMILES string of the molecule is COCC(=O)Nn1cnc2c(cnn2-c2cccc(Cl)c2)c1=O. The molecule has 0 fully saturated rings. The highest BCUT2D eigenvalue weighted by atomic mass is 35.5. The van der Waals surface area contributed by atoms with Crippen molar-refractivity contribution < 1.29 is 9.53 Å². The standard InChI is InChI=1S/C14H12ClN5O3/c1-23-7-12(21)18-19-8-16-13-11(14(19)22)6-17-20(13)10-4-2-3-9(15)5-10/h2-6,8H,7H2,1H3,(H,18,21). The van der Waals surface area contributed by atoms with Gasteiger partial charge in [0, 0.05) is 12.1 Å². The fraction of sp³-hybridized carbons (Fsp3) is 0.143. The lowest BCUT2D eigenvalue weighted by atomic mass is 10.3. The lowest BCUT2D eigenvalue weighted by Gasteiger charge is -2.07. The molecule has 1 aromatic carbocycles. The van der Waals surface area contributed by atoms with Crippen molar-refractivity contribution in [2.45, 2.75) is 0 Å². The van der Waals surface area contributed by atoms with Gasteiger partial charge >= 0.3 is 0 Å². The Morgan fingerprint density at radius 2 is 2.26 bits per heavy atom. The third-order valence-electron chi connectivity index (χ3n) is 3.06. The van der Waals surface area contributed by atoms with Gasteiger partial charge in [-0.25, -0.2) is 14.3 Å². The minimum Gasteiger partial charge on any atom is -0.375 e. The van der Waals surface area contributed by atoms with Gasteiger partial charge in [-0.15, -0.1) is 0 Å². The van der Waals surface area contributed by atoms with Gasteiger partial charge < -0.3 is 4.74 Å². The third-order valence-corrected chi connectivity index (χ3v) is 3.30. The largest absolute Gasteiger partial charge is 0.375 e. The summed E-state index contributed by atoms with van der Waals surface area (Å²) in [5.41, 5.74) is 2.99. The van der Waals surface area contributed by atoms with Gasteiger partial charge in [-0.05, 0) is 18.2 Å². The molecule has 0 radical (unpaired) electrons. The van der Waals surface area contributed by atoms with E-state index in [-0.39, 0.29) is 12.0 Å². The van der Waals surface area contributed by atoms with Crippen molar-refractivity contribution in [1.29, 1.82) is 0 Å². The van der Waals surface area contributed by atoms with E-state index >= 15 is 0 Å². The van der Waals surface area contributed by atoms with Crippen LogP contribution in [0.1, 0.15) is 0 Å². The van der Waals surface area contributed by atoms with Gasteiger partial charge in [0.05, 0.1) is 11.9 Å². The number of fused-ring (bicyclic) bond motifs is 1. The van der Waals surface area contributed by atoms with Crippen molar-refractivity contribution in [2.75, 3.05) is 19.1 Å². The predicted molar refractivity (Wildman–Crippen MR) is 84.4 cm³/mol. The average Bonchev–Trinajstić information content (AvgIpc) is 2.95. The highest BCUT2D eigenvalue weighted by Gasteiger charge is 2.12. The van der Waals surface area contributed by atoms with E-state index in [0.717, 1.165) is 4.68 Å². The molecule has 0 aliphatic rings. The van der Waals surface area contributed by atoms with Crippen molar-refractivity contribution in [2.24, 2.45) is 0 Å². The molecule has 0 spiro atoms. The molecule has 23 heavy (non-hydrogen) atoms. The maximum absolute atomic E-state index is 12.4. The summed E-state index contributed by atoms with van der Waals surface area (Å²) in [7, 11) is 1.39. The molecule has 0 aliphatic heterocycles. The van der Waals surface area contributed by atoms with Crippen molar-refractivity contribution in [3.63, 3.8) is 0 Å². The van der Waals surface area contributed by atoms with Gasteiger partial charge in [0.1, 0.15) is 18.3 Å². The molecule has 0 aliphatic carbocycles. The minimum atomic E-state index is -0.460. The predicted octanol–water partition coefficient (Wildman–Crippen LogP) is 0.952. The van der Waals surface area contributed by atoms with Crippen LogP contribution in [-0.2, 0) is 9.53 Å². The summed E-state index contributed by atoms with van der Waals surface area (Å²) < 4.78 is 7.20. The Morgan fingerprint density at radius 3 is 3.00 bits per heavy atom. The van der Waals surface area contributed by atoms with Crippen molar-refractivity contribution in [3.8, 4) is 5.69 Å². The zero-order valence-corrected chi connectivity index (χ0v) is 12.8. The monoisotopic (exact) mass is 333 g/mol. The van der Waals surface area contributed by atoms with Crippen LogP contribution in [0, 0.1) is 0 Å². The lowest BCUT2D eigenvalue weighted by Crippen LogP contribution is -2.34. The van der Waals surface area contributed by atoms with E-state index in [4.69, 9.17) is 16.3 Å². The smallest absolute Gasteiger partial charge is 0.283 e. The zero-order chi connectivity index (χ0) is 16.4. The number of hydrogen-bond acceptors (Lipinski definition) is 5. The van der Waals surface area contributed by atoms with E-state index in [1.807, 2.05) is 0 Å². The molecule has 3 aromatic rings. The molecular weight excluding hydrogens is 322 g/mol. The number of aromatic nitrogens is 4. The van der Waals surface area contributed by atoms with Gasteiger partial charge in [0.15, 0.2) is 5.65 Å². The summed E-state index contributed by atoms with van der Waals surface area (Å²) in [4.78, 5) is 28.1. The van der Waals surface area contributed by atoms with E-state index in [1.54, 1.807) is 24.3 Å². The number of nitrogens with zero attached hydrogens (tertiary/aromatic N) is 4. The molecule has 0 saturated heterocycles. The second-order valence-electron chi connectivity index (χ2n) is 4.66. The van der Waals surface area contributed by atoms with Crippen LogP contribution >= 0.6 is 11.6 Å². The Labute approximate surface area is 135 Å². The molecule has 2 aromatic heterocycles. The van der Waals surface area contributed by atoms with E-state index in [1.165, 1.54) is 24.3 Å². The number of carbonyl (C=O) groups excluding carboxylic acids is 1. The first-order valence-corrected chi connectivity index (χ1v) is 6.98. The summed E-state index contributed by atoms with van der Waals surface area (Å²) in [5.74, 6) is -0.460. The Kier molecular flexibility index (Phi) is 4.09. The van der Waals surface area contributed by atoms with E-state index < -0.39 is 11.5 Å². The van der Waals surface area contributed by atoms with Crippen LogP contribution < -0.4 is 11.0 Å². The maximum Gasteiger partial charge on any atom is 0.283 e. The first-order valence-electron chi connectivity index (χ1n) is 6.60. The highest BCUT2D eigenvalue weighted by molar-refractivity contribution is 6.30. The number of ether oxygens (including phenoxy) is 1. The molecule has 118 valence electrons. The summed E-state index contributed by atoms with van der Waals surface area (Å²) in [6, 6.07) is 7.02. The van der Waals surface area contributed by atoms with Crippen LogP contribution in [0.2, 0.25) is 5.02 Å². The molecule has 8 nitrogen and oxygen atoms in total. The number of carbonyl (C=O) groups is 1. The highest BCUT2D eigenvalue weighted by Crippen LogP contribution is 2.17. The first-order chi connectivity index (χ1) is 11.1. The summed E-state index contributed by atoms with van der Waals surface area (Å²) in [6.07, 6.45) is 2.62. The number of nitrogens with one attached hydrogen (secondary N) is 1. The summed E-state index contributed by atoms with van der Waals surface area (Å²) >= 11 is 5.97. The number of methoxy groups -OCH3 is 1. The molecule has 2 heterocycles. The van der Waals surface area contributed by atoms with Gasteiger partial charge in [-0.1, -0.05) is 17.7 Å². The number of amides is 1. The van der Waals surface area contributed by atoms with E-state index in [0.29, 0.717) is 16.4 Å². The summed E-state index contributed by atoms with van der Waals surface area (Å²) in [5, 5.41) is 4.99. The Balaban J connectivity index is 2.04. The van der Waals surface area contributed by atoms with E-state index in [9.17, 15) is 9.59 Å². The second kappa shape index (κ2) is 6.19. The molecule has 0 saturated carbocycles. The molecule has 0 bridgehead atoms. The van der Waals surface area contributed by atoms with Crippen LogP contribution in [0.5, 0.6) is 0 Å². The quantitative estimate of drug-likeness (QED) is 0.767. The molecule has 1 amide bonds. The number of benzene rings is 1. The van der Waals surface area contributed by atoms with Crippen LogP contribution in [0.3, 0.4) is 0 Å². The fourth-order valence-electron chi connectivity index (χ4n) is 2.09. The second-order valence-corrected chi connectivity index (χ2v) is 5.10. The maximum atomic E-state index is 12.4. The van der Waals surface area contributed by atoms with Crippen molar-refractivity contribution >= 4 is 28.5 Å². The van der Waals surface area contributed by atoms with Gasteiger partial charge in [-0.3, -0.25) is 15.0 Å². The molecule has 0 unspecified atom stereocenters. The average molecular weight is 334 g/mol. The van der Waals surface area contributed by atoms with Crippen molar-refractivity contribution in [3.05, 3.63) is 52.2 Å². The van der Waals surface area contributed by atoms with E-state index in [2.05, 4.69) is 15.5 Å².